The van der Waals surface area contributed by atoms with E-state index in [2.05, 4.69) is 41.8 Å². The van der Waals surface area contributed by atoms with E-state index in [4.69, 9.17) is 4.74 Å². The van der Waals surface area contributed by atoms with Crippen molar-refractivity contribution < 1.29 is 11.0 Å². The molecule has 0 spiro atoms. The van der Waals surface area contributed by atoms with Crippen LogP contribution in [-0.2, 0) is 11.2 Å². The van der Waals surface area contributed by atoms with Crippen LogP contribution in [0.2, 0.25) is 0 Å². The molecule has 1 amide bonds. The third kappa shape index (κ3) is 8.23. The van der Waals surface area contributed by atoms with Gasteiger partial charge in [0.05, 0.1) is 11.8 Å². The van der Waals surface area contributed by atoms with Crippen molar-refractivity contribution in [1.29, 1.82) is 0 Å². The zero-order chi connectivity index (χ0) is 22.9. The summed E-state index contributed by atoms with van der Waals surface area (Å²) in [6, 6.07) is 4.54. The average Bonchev–Trinajstić information content (AvgIpc) is 3.18. The molecular formula is C27H46N2O2. The molecule has 2 atom stereocenters. The van der Waals surface area contributed by atoms with Crippen LogP contribution in [0.15, 0.2) is 18.2 Å². The minimum Gasteiger partial charge on any atom is -0.488 e. The maximum absolute atomic E-state index is 12.1. The van der Waals surface area contributed by atoms with Crippen LogP contribution in [0.5, 0.6) is 5.75 Å². The monoisotopic (exact) mass is 430 g/mol. The number of aryl methyl sites for hydroxylation is 1. The molecule has 4 heteroatoms. The van der Waals surface area contributed by atoms with E-state index in [0.717, 1.165) is 50.1 Å². The van der Waals surface area contributed by atoms with Gasteiger partial charge in [0.1, 0.15) is 5.75 Å². The highest BCUT2D eigenvalue weighted by atomic mass is 16.5. The smallest absolute Gasteiger partial charge is 0.220 e. The predicted molar refractivity (Wildman–Crippen MR) is 135 cm³/mol. The normalized spacial score (nSPS) is 19.7. The zero-order valence-electron chi connectivity index (χ0n) is 20.6. The number of rotatable bonds is 8. The molecule has 1 aliphatic carbocycles. The molecule has 0 bridgehead atoms. The quantitative estimate of drug-likeness (QED) is 0.467. The number of hydrogen-bond donors (Lipinski definition) is 2. The van der Waals surface area contributed by atoms with Gasteiger partial charge in [-0.25, -0.2) is 0 Å². The fourth-order valence-corrected chi connectivity index (χ4v) is 4.38. The van der Waals surface area contributed by atoms with E-state index in [0.29, 0.717) is 12.3 Å². The number of anilines is 1. The van der Waals surface area contributed by atoms with Gasteiger partial charge in [0.25, 0.3) is 0 Å². The Balaban J connectivity index is 0.00000166. The summed E-state index contributed by atoms with van der Waals surface area (Å²) in [7, 11) is 0. The van der Waals surface area contributed by atoms with Gasteiger partial charge < -0.3 is 15.4 Å². The summed E-state index contributed by atoms with van der Waals surface area (Å²) in [5.41, 5.74) is 3.60. The summed E-state index contributed by atoms with van der Waals surface area (Å²) < 4.78 is 6.52. The van der Waals surface area contributed by atoms with E-state index in [1.165, 1.54) is 24.0 Å². The van der Waals surface area contributed by atoms with Crippen molar-refractivity contribution in [3.8, 4) is 5.75 Å². The van der Waals surface area contributed by atoms with Crippen molar-refractivity contribution >= 4 is 17.7 Å². The maximum atomic E-state index is 12.1. The van der Waals surface area contributed by atoms with Crippen LogP contribution in [0, 0.1) is 5.92 Å². The molecule has 4 nitrogen and oxygen atoms in total. The number of fused-ring (bicyclic) bond motifs is 1. The lowest BCUT2D eigenvalue weighted by Gasteiger charge is -2.23. The van der Waals surface area contributed by atoms with Crippen LogP contribution in [0.4, 0.5) is 5.69 Å². The molecule has 1 aromatic rings. The summed E-state index contributed by atoms with van der Waals surface area (Å²) in [5, 5.41) is 6.56. The van der Waals surface area contributed by atoms with Crippen LogP contribution >= 0.6 is 0 Å². The first-order chi connectivity index (χ1) is 14.8. The summed E-state index contributed by atoms with van der Waals surface area (Å²) in [5.74, 6) is 1.75. The van der Waals surface area contributed by atoms with Crippen LogP contribution in [0.1, 0.15) is 99.0 Å². The molecular weight excluding hydrogens is 384 g/mol. The van der Waals surface area contributed by atoms with Crippen molar-refractivity contribution in [2.75, 3.05) is 11.9 Å². The lowest BCUT2D eigenvalue weighted by molar-refractivity contribution is -0.122. The van der Waals surface area contributed by atoms with Crippen LogP contribution in [0.25, 0.3) is 6.08 Å². The number of benzene rings is 1. The first-order valence-electron chi connectivity index (χ1n) is 12.4. The van der Waals surface area contributed by atoms with Gasteiger partial charge in [0, 0.05) is 25.5 Å². The van der Waals surface area contributed by atoms with E-state index >= 15 is 0 Å². The first kappa shape index (κ1) is 25.3. The standard InChI is InChI=1S/C25H38N2O2.C2H6.H2/c1-5-6-8-19-15-20-9-7-14-26-24(20)22(17-19)29-21-12-10-18(16-21)11-13-23(28)27-25(2,3)4;1-2;/h7,9,15,17-18,21,26H,5-6,8,10-14,16H2,1-4H3,(H,27,28);1-2H3;1H/t18?,21-;;/m1../s1. The number of hydrogen-bond acceptors (Lipinski definition) is 3. The third-order valence-corrected chi connectivity index (χ3v) is 5.79. The highest BCUT2D eigenvalue weighted by molar-refractivity contribution is 5.77. The summed E-state index contributed by atoms with van der Waals surface area (Å²) in [6.45, 7) is 13.2. The molecule has 1 fully saturated rings. The second-order valence-corrected chi connectivity index (χ2v) is 9.70. The van der Waals surface area contributed by atoms with Crippen molar-refractivity contribution in [3.05, 3.63) is 29.3 Å². The van der Waals surface area contributed by atoms with Crippen LogP contribution < -0.4 is 15.4 Å². The predicted octanol–water partition coefficient (Wildman–Crippen LogP) is 6.98. The van der Waals surface area contributed by atoms with E-state index in [1.54, 1.807) is 0 Å². The van der Waals surface area contributed by atoms with Gasteiger partial charge >= 0.3 is 0 Å². The minimum absolute atomic E-state index is 0. The Bertz CT molecular complexity index is 740. The molecule has 31 heavy (non-hydrogen) atoms. The van der Waals surface area contributed by atoms with Crippen molar-refractivity contribution in [2.24, 2.45) is 5.92 Å². The van der Waals surface area contributed by atoms with Crippen molar-refractivity contribution in [3.63, 3.8) is 0 Å². The second kappa shape index (κ2) is 12.2. The molecule has 2 N–H and O–H groups in total. The molecule has 3 rings (SSSR count). The SMILES string of the molecule is CC.CCCCc1cc2c(c(O[C@@H]3CCC(CCC(=O)NC(C)(C)C)C3)c1)NCC=C2.[HH]. The van der Waals surface area contributed by atoms with Crippen molar-refractivity contribution in [1.82, 2.24) is 5.32 Å². The fraction of sp³-hybridized carbons (Fsp3) is 0.667. The summed E-state index contributed by atoms with van der Waals surface area (Å²) in [4.78, 5) is 12.1. The van der Waals surface area contributed by atoms with Gasteiger partial charge in [-0.3, -0.25) is 4.79 Å². The molecule has 0 radical (unpaired) electrons. The maximum Gasteiger partial charge on any atom is 0.220 e. The van der Waals surface area contributed by atoms with Gasteiger partial charge in [0.15, 0.2) is 0 Å². The third-order valence-electron chi connectivity index (χ3n) is 5.79. The van der Waals surface area contributed by atoms with Crippen molar-refractivity contribution in [2.45, 2.75) is 105 Å². The highest BCUT2D eigenvalue weighted by Gasteiger charge is 2.28. The lowest BCUT2D eigenvalue weighted by Crippen LogP contribution is -2.40. The topological polar surface area (TPSA) is 50.4 Å². The largest absolute Gasteiger partial charge is 0.488 e. The number of carbonyl (C=O) groups is 1. The van der Waals surface area contributed by atoms with Gasteiger partial charge in [-0.05, 0) is 82.9 Å². The average molecular weight is 431 g/mol. The Morgan fingerprint density at radius 3 is 2.74 bits per heavy atom. The number of unbranched alkanes of at least 4 members (excludes halogenated alkanes) is 1. The van der Waals surface area contributed by atoms with Crippen LogP contribution in [-0.4, -0.2) is 24.1 Å². The van der Waals surface area contributed by atoms with E-state index in [-0.39, 0.29) is 19.0 Å². The van der Waals surface area contributed by atoms with Crippen LogP contribution in [0.3, 0.4) is 0 Å². The molecule has 0 saturated heterocycles. The van der Waals surface area contributed by atoms with E-state index in [9.17, 15) is 4.79 Å². The molecule has 1 aliphatic heterocycles. The molecule has 2 aliphatic rings. The Kier molecular flexibility index (Phi) is 9.93. The van der Waals surface area contributed by atoms with E-state index in [1.807, 2.05) is 34.6 Å². The Morgan fingerprint density at radius 1 is 1.26 bits per heavy atom. The first-order valence-corrected chi connectivity index (χ1v) is 12.4. The molecule has 1 unspecified atom stereocenters. The molecule has 1 aromatic carbocycles. The van der Waals surface area contributed by atoms with Gasteiger partial charge in [0.2, 0.25) is 5.91 Å². The lowest BCUT2D eigenvalue weighted by atomic mass is 10.00. The summed E-state index contributed by atoms with van der Waals surface area (Å²) in [6.07, 6.45) is 13.0. The Morgan fingerprint density at radius 2 is 2.03 bits per heavy atom. The van der Waals surface area contributed by atoms with Gasteiger partial charge in [-0.1, -0.05) is 39.3 Å². The second-order valence-electron chi connectivity index (χ2n) is 9.70. The highest BCUT2D eigenvalue weighted by Crippen LogP contribution is 2.38. The molecule has 1 heterocycles. The zero-order valence-corrected chi connectivity index (χ0v) is 20.6. The Labute approximate surface area is 191 Å². The number of amides is 1. The Hall–Kier alpha value is -1.97. The van der Waals surface area contributed by atoms with E-state index < -0.39 is 0 Å². The molecule has 1 saturated carbocycles. The number of carbonyl (C=O) groups excluding carboxylic acids is 1. The molecule has 176 valence electrons. The molecule has 0 aromatic heterocycles. The van der Waals surface area contributed by atoms with Gasteiger partial charge in [-0.15, -0.1) is 0 Å². The minimum atomic E-state index is -0.151. The number of nitrogens with one attached hydrogen (secondary N) is 2. The summed E-state index contributed by atoms with van der Waals surface area (Å²) >= 11 is 0. The van der Waals surface area contributed by atoms with Gasteiger partial charge in [-0.2, -0.15) is 0 Å². The fourth-order valence-electron chi connectivity index (χ4n) is 4.38. The number of ether oxygens (including phenoxy) is 1.